The van der Waals surface area contributed by atoms with Gasteiger partial charge < -0.3 is 0 Å². The minimum Gasteiger partial charge on any atom is -0.290 e. The Hall–Kier alpha value is -0.850. The standard InChI is InChI=1S/C10H14O/c1-3-10(11)9-6-4-8(2)5-7-9/h3,6,8H,1,4-5,7H2,2H3. The third-order valence-electron chi connectivity index (χ3n) is 2.17. The number of allylic oxidation sites excluding steroid dienone is 3. The molecular weight excluding hydrogens is 136 g/mol. The van der Waals surface area contributed by atoms with E-state index < -0.39 is 0 Å². The summed E-state index contributed by atoms with van der Waals surface area (Å²) in [5, 5.41) is 0. The Balaban J connectivity index is 2.61. The molecule has 1 rings (SSSR count). The fraction of sp³-hybridized carbons (Fsp3) is 0.500. The van der Waals surface area contributed by atoms with E-state index >= 15 is 0 Å². The maximum Gasteiger partial charge on any atom is 0.180 e. The van der Waals surface area contributed by atoms with Crippen molar-refractivity contribution in [2.75, 3.05) is 0 Å². The molecule has 0 N–H and O–H groups in total. The molecule has 1 aliphatic carbocycles. The van der Waals surface area contributed by atoms with Gasteiger partial charge in [-0.25, -0.2) is 0 Å². The molecule has 0 spiro atoms. The van der Waals surface area contributed by atoms with Crippen LogP contribution in [0, 0.1) is 5.92 Å². The van der Waals surface area contributed by atoms with Crippen LogP contribution in [-0.2, 0) is 4.79 Å². The van der Waals surface area contributed by atoms with E-state index in [4.69, 9.17) is 0 Å². The highest BCUT2D eigenvalue weighted by atomic mass is 16.1. The highest BCUT2D eigenvalue weighted by molar-refractivity contribution is 6.03. The normalized spacial score (nSPS) is 24.1. The van der Waals surface area contributed by atoms with Crippen LogP contribution in [0.15, 0.2) is 24.3 Å². The van der Waals surface area contributed by atoms with Gasteiger partial charge in [0.2, 0.25) is 0 Å². The lowest BCUT2D eigenvalue weighted by atomic mass is 9.89. The van der Waals surface area contributed by atoms with Crippen molar-refractivity contribution in [3.8, 4) is 0 Å². The van der Waals surface area contributed by atoms with Gasteiger partial charge in [0, 0.05) is 0 Å². The quantitative estimate of drug-likeness (QED) is 0.553. The highest BCUT2D eigenvalue weighted by Gasteiger charge is 2.13. The topological polar surface area (TPSA) is 17.1 Å². The number of hydrogen-bond donors (Lipinski definition) is 0. The maximum absolute atomic E-state index is 11.1. The summed E-state index contributed by atoms with van der Waals surface area (Å²) in [4.78, 5) is 11.1. The molecule has 0 heterocycles. The lowest BCUT2D eigenvalue weighted by Crippen LogP contribution is -2.07. The SMILES string of the molecule is C=CC(=O)C1=CCC(C)CC1. The molecule has 1 heteroatoms. The van der Waals surface area contributed by atoms with Gasteiger partial charge >= 0.3 is 0 Å². The summed E-state index contributed by atoms with van der Waals surface area (Å²) in [7, 11) is 0. The van der Waals surface area contributed by atoms with E-state index in [0.29, 0.717) is 0 Å². The fourth-order valence-corrected chi connectivity index (χ4v) is 1.32. The minimum absolute atomic E-state index is 0.108. The van der Waals surface area contributed by atoms with Gasteiger partial charge in [0.15, 0.2) is 5.78 Å². The predicted octanol–water partition coefficient (Wildman–Crippen LogP) is 2.49. The van der Waals surface area contributed by atoms with Gasteiger partial charge in [0.1, 0.15) is 0 Å². The summed E-state index contributed by atoms with van der Waals surface area (Å²) in [6.07, 6.45) is 6.59. The minimum atomic E-state index is 0.108. The first-order chi connectivity index (χ1) is 5.24. The van der Waals surface area contributed by atoms with Crippen molar-refractivity contribution < 1.29 is 4.79 Å². The second kappa shape index (κ2) is 3.51. The highest BCUT2D eigenvalue weighted by Crippen LogP contribution is 2.23. The Morgan fingerprint density at radius 2 is 2.55 bits per heavy atom. The Morgan fingerprint density at radius 1 is 1.82 bits per heavy atom. The van der Waals surface area contributed by atoms with Crippen molar-refractivity contribution in [3.63, 3.8) is 0 Å². The van der Waals surface area contributed by atoms with E-state index in [2.05, 4.69) is 19.6 Å². The molecular formula is C10H14O. The van der Waals surface area contributed by atoms with Gasteiger partial charge in [0.25, 0.3) is 0 Å². The third-order valence-corrected chi connectivity index (χ3v) is 2.17. The van der Waals surface area contributed by atoms with Gasteiger partial charge in [-0.05, 0) is 36.8 Å². The van der Waals surface area contributed by atoms with Crippen molar-refractivity contribution in [2.45, 2.75) is 26.2 Å². The predicted molar refractivity (Wildman–Crippen MR) is 46.3 cm³/mol. The number of carbonyl (C=O) groups is 1. The van der Waals surface area contributed by atoms with Crippen LogP contribution in [0.2, 0.25) is 0 Å². The van der Waals surface area contributed by atoms with Gasteiger partial charge in [0.05, 0.1) is 0 Å². The average molecular weight is 150 g/mol. The molecule has 1 nitrogen and oxygen atoms in total. The van der Waals surface area contributed by atoms with E-state index in [-0.39, 0.29) is 5.78 Å². The van der Waals surface area contributed by atoms with Gasteiger partial charge in [-0.15, -0.1) is 0 Å². The first kappa shape index (κ1) is 8.25. The molecule has 0 radical (unpaired) electrons. The van der Waals surface area contributed by atoms with Crippen LogP contribution in [0.5, 0.6) is 0 Å². The zero-order valence-corrected chi connectivity index (χ0v) is 6.97. The van der Waals surface area contributed by atoms with E-state index in [9.17, 15) is 4.79 Å². The molecule has 1 aliphatic rings. The molecule has 1 atom stereocenters. The summed E-state index contributed by atoms with van der Waals surface area (Å²) in [5.41, 5.74) is 0.957. The number of rotatable bonds is 2. The van der Waals surface area contributed by atoms with Crippen molar-refractivity contribution in [1.29, 1.82) is 0 Å². The van der Waals surface area contributed by atoms with Crippen molar-refractivity contribution in [2.24, 2.45) is 5.92 Å². The molecule has 0 bridgehead atoms. The Bertz CT molecular complexity index is 201. The van der Waals surface area contributed by atoms with E-state index in [1.54, 1.807) is 0 Å². The summed E-state index contributed by atoms with van der Waals surface area (Å²) in [6, 6.07) is 0. The zero-order chi connectivity index (χ0) is 8.27. The molecule has 0 aromatic carbocycles. The number of carbonyl (C=O) groups excluding carboxylic acids is 1. The number of ketones is 1. The summed E-state index contributed by atoms with van der Waals surface area (Å²) in [6.45, 7) is 5.68. The van der Waals surface area contributed by atoms with E-state index in [0.717, 1.165) is 30.8 Å². The molecule has 0 fully saturated rings. The fourth-order valence-electron chi connectivity index (χ4n) is 1.32. The third kappa shape index (κ3) is 2.04. The lowest BCUT2D eigenvalue weighted by molar-refractivity contribution is -0.111. The molecule has 0 amide bonds. The molecule has 11 heavy (non-hydrogen) atoms. The van der Waals surface area contributed by atoms with Crippen LogP contribution in [0.1, 0.15) is 26.2 Å². The molecule has 0 aromatic heterocycles. The molecule has 0 saturated heterocycles. The average Bonchev–Trinajstić information content (AvgIpc) is 2.05. The van der Waals surface area contributed by atoms with Crippen LogP contribution in [-0.4, -0.2) is 5.78 Å². The molecule has 0 aliphatic heterocycles. The first-order valence-corrected chi connectivity index (χ1v) is 4.10. The maximum atomic E-state index is 11.1. The van der Waals surface area contributed by atoms with Crippen LogP contribution in [0.3, 0.4) is 0 Å². The smallest absolute Gasteiger partial charge is 0.180 e. The van der Waals surface area contributed by atoms with Gasteiger partial charge in [-0.1, -0.05) is 19.6 Å². The second-order valence-electron chi connectivity index (χ2n) is 3.18. The summed E-state index contributed by atoms with van der Waals surface area (Å²) < 4.78 is 0. The summed E-state index contributed by atoms with van der Waals surface area (Å²) in [5.74, 6) is 0.855. The largest absolute Gasteiger partial charge is 0.290 e. The molecule has 0 saturated carbocycles. The Morgan fingerprint density at radius 3 is 3.00 bits per heavy atom. The van der Waals surface area contributed by atoms with Crippen LogP contribution in [0.4, 0.5) is 0 Å². The lowest BCUT2D eigenvalue weighted by Gasteiger charge is -2.15. The summed E-state index contributed by atoms with van der Waals surface area (Å²) >= 11 is 0. The van der Waals surface area contributed by atoms with Crippen LogP contribution < -0.4 is 0 Å². The molecule has 60 valence electrons. The number of hydrogen-bond acceptors (Lipinski definition) is 1. The van der Waals surface area contributed by atoms with Crippen LogP contribution >= 0.6 is 0 Å². The first-order valence-electron chi connectivity index (χ1n) is 4.10. The monoisotopic (exact) mass is 150 g/mol. The van der Waals surface area contributed by atoms with Crippen molar-refractivity contribution >= 4 is 5.78 Å². The zero-order valence-electron chi connectivity index (χ0n) is 6.97. The van der Waals surface area contributed by atoms with Gasteiger partial charge in [-0.3, -0.25) is 4.79 Å². The van der Waals surface area contributed by atoms with Crippen molar-refractivity contribution in [3.05, 3.63) is 24.3 Å². The van der Waals surface area contributed by atoms with E-state index in [1.807, 2.05) is 0 Å². The Labute approximate surface area is 67.8 Å². The van der Waals surface area contributed by atoms with E-state index in [1.165, 1.54) is 6.08 Å². The van der Waals surface area contributed by atoms with Crippen molar-refractivity contribution in [1.82, 2.24) is 0 Å². The molecule has 0 aromatic rings. The Kier molecular flexibility index (Phi) is 2.64. The molecule has 1 unspecified atom stereocenters. The second-order valence-corrected chi connectivity index (χ2v) is 3.18. The van der Waals surface area contributed by atoms with Crippen LogP contribution in [0.25, 0.3) is 0 Å². The van der Waals surface area contributed by atoms with Gasteiger partial charge in [-0.2, -0.15) is 0 Å².